The molecule has 5 heteroatoms. The van der Waals surface area contributed by atoms with Crippen LogP contribution in [-0.2, 0) is 6.42 Å². The number of H-pyrrole nitrogens is 1. The van der Waals surface area contributed by atoms with Gasteiger partial charge in [0, 0.05) is 25.4 Å². The molecule has 0 bridgehead atoms. The SMILES string of the molecule is CCCc1nc(C(=O)N2CCC(c3ccccc3)C2)n[nH]1. The first kappa shape index (κ1) is 13.8. The highest BCUT2D eigenvalue weighted by Crippen LogP contribution is 2.27. The Morgan fingerprint density at radius 2 is 2.19 bits per heavy atom. The zero-order valence-electron chi connectivity index (χ0n) is 12.2. The molecule has 0 spiro atoms. The van der Waals surface area contributed by atoms with Crippen molar-refractivity contribution in [2.45, 2.75) is 32.1 Å². The standard InChI is InChI=1S/C16H20N4O/c1-2-6-14-17-15(19-18-14)16(21)20-10-9-13(11-20)12-7-4-3-5-8-12/h3-5,7-8,13H,2,6,9-11H2,1H3,(H,17,18,19). The molecular formula is C16H20N4O. The van der Waals surface area contributed by atoms with Crippen molar-refractivity contribution in [2.24, 2.45) is 0 Å². The van der Waals surface area contributed by atoms with E-state index in [1.54, 1.807) is 0 Å². The number of likely N-dealkylation sites (tertiary alicyclic amines) is 1. The molecule has 21 heavy (non-hydrogen) atoms. The molecule has 1 aliphatic rings. The van der Waals surface area contributed by atoms with Crippen LogP contribution in [0.3, 0.4) is 0 Å². The number of aromatic nitrogens is 3. The van der Waals surface area contributed by atoms with Crippen molar-refractivity contribution in [1.29, 1.82) is 0 Å². The Balaban J connectivity index is 1.66. The maximum Gasteiger partial charge on any atom is 0.293 e. The van der Waals surface area contributed by atoms with Crippen molar-refractivity contribution in [3.05, 3.63) is 47.5 Å². The molecule has 0 saturated carbocycles. The minimum atomic E-state index is -0.0629. The van der Waals surface area contributed by atoms with Gasteiger partial charge in [-0.2, -0.15) is 0 Å². The van der Waals surface area contributed by atoms with Crippen LogP contribution in [0.5, 0.6) is 0 Å². The smallest absolute Gasteiger partial charge is 0.293 e. The highest BCUT2D eigenvalue weighted by molar-refractivity contribution is 5.90. The number of benzene rings is 1. The van der Waals surface area contributed by atoms with Gasteiger partial charge in [0.2, 0.25) is 5.82 Å². The molecule has 1 aromatic carbocycles. The number of amides is 1. The van der Waals surface area contributed by atoms with E-state index < -0.39 is 0 Å². The van der Waals surface area contributed by atoms with E-state index in [9.17, 15) is 4.79 Å². The maximum atomic E-state index is 12.4. The molecule has 5 nitrogen and oxygen atoms in total. The number of carbonyl (C=O) groups excluding carboxylic acids is 1. The predicted octanol–water partition coefficient (Wildman–Crippen LogP) is 2.39. The Kier molecular flexibility index (Phi) is 3.99. The molecule has 0 radical (unpaired) electrons. The molecule has 1 atom stereocenters. The van der Waals surface area contributed by atoms with Crippen molar-refractivity contribution in [3.8, 4) is 0 Å². The maximum absolute atomic E-state index is 12.4. The topological polar surface area (TPSA) is 61.9 Å². The first-order chi connectivity index (χ1) is 10.3. The average molecular weight is 284 g/mol. The van der Waals surface area contributed by atoms with Crippen LogP contribution < -0.4 is 0 Å². The summed E-state index contributed by atoms with van der Waals surface area (Å²) in [4.78, 5) is 18.6. The molecule has 2 heterocycles. The van der Waals surface area contributed by atoms with E-state index in [2.05, 4.69) is 34.2 Å². The Morgan fingerprint density at radius 3 is 2.95 bits per heavy atom. The van der Waals surface area contributed by atoms with Gasteiger partial charge in [0.15, 0.2) is 0 Å². The lowest BCUT2D eigenvalue weighted by molar-refractivity contribution is 0.0779. The number of carbonyl (C=O) groups is 1. The fraction of sp³-hybridized carbons (Fsp3) is 0.438. The van der Waals surface area contributed by atoms with Crippen LogP contribution in [0.4, 0.5) is 0 Å². The number of nitrogens with one attached hydrogen (secondary N) is 1. The molecule has 1 fully saturated rings. The van der Waals surface area contributed by atoms with Crippen LogP contribution in [0, 0.1) is 0 Å². The second kappa shape index (κ2) is 6.08. The van der Waals surface area contributed by atoms with Crippen molar-refractivity contribution >= 4 is 5.91 Å². The second-order valence-corrected chi connectivity index (χ2v) is 5.50. The molecule has 2 aromatic rings. The zero-order chi connectivity index (χ0) is 14.7. The highest BCUT2D eigenvalue weighted by Gasteiger charge is 2.29. The van der Waals surface area contributed by atoms with Gasteiger partial charge in [0.05, 0.1) is 0 Å². The van der Waals surface area contributed by atoms with Gasteiger partial charge >= 0.3 is 0 Å². The molecule has 110 valence electrons. The average Bonchev–Trinajstić information content (AvgIpc) is 3.17. The lowest BCUT2D eigenvalue weighted by Crippen LogP contribution is -2.29. The lowest BCUT2D eigenvalue weighted by atomic mass is 9.99. The molecule has 0 aliphatic carbocycles. The third-order valence-corrected chi connectivity index (χ3v) is 3.96. The summed E-state index contributed by atoms with van der Waals surface area (Å²) in [5.74, 6) is 1.45. The van der Waals surface area contributed by atoms with Crippen LogP contribution in [0.15, 0.2) is 30.3 Å². The van der Waals surface area contributed by atoms with Crippen molar-refractivity contribution in [1.82, 2.24) is 20.1 Å². The normalized spacial score (nSPS) is 18.1. The monoisotopic (exact) mass is 284 g/mol. The Hall–Kier alpha value is -2.17. The third kappa shape index (κ3) is 2.96. The molecule has 1 aromatic heterocycles. The first-order valence-corrected chi connectivity index (χ1v) is 7.53. The van der Waals surface area contributed by atoms with Crippen LogP contribution in [-0.4, -0.2) is 39.1 Å². The number of aromatic amines is 1. The quantitative estimate of drug-likeness (QED) is 0.937. The summed E-state index contributed by atoms with van der Waals surface area (Å²) in [5, 5.41) is 6.90. The number of rotatable bonds is 4. The molecule has 3 rings (SSSR count). The van der Waals surface area contributed by atoms with E-state index in [1.807, 2.05) is 23.1 Å². The van der Waals surface area contributed by atoms with Gasteiger partial charge < -0.3 is 4.90 Å². The van der Waals surface area contributed by atoms with Gasteiger partial charge in [-0.05, 0) is 18.4 Å². The van der Waals surface area contributed by atoms with Crippen LogP contribution in [0.2, 0.25) is 0 Å². The van der Waals surface area contributed by atoms with E-state index in [0.717, 1.165) is 38.2 Å². The molecule has 1 N–H and O–H groups in total. The van der Waals surface area contributed by atoms with E-state index in [4.69, 9.17) is 0 Å². The largest absolute Gasteiger partial charge is 0.335 e. The molecular weight excluding hydrogens is 264 g/mol. The molecule has 1 unspecified atom stereocenters. The van der Waals surface area contributed by atoms with E-state index >= 15 is 0 Å². The highest BCUT2D eigenvalue weighted by atomic mass is 16.2. The van der Waals surface area contributed by atoms with Crippen LogP contribution in [0.25, 0.3) is 0 Å². The van der Waals surface area contributed by atoms with Crippen LogP contribution in [0.1, 0.15) is 47.7 Å². The fourth-order valence-corrected chi connectivity index (χ4v) is 2.82. The minimum absolute atomic E-state index is 0.0629. The van der Waals surface area contributed by atoms with Gasteiger partial charge in [-0.15, -0.1) is 5.10 Å². The van der Waals surface area contributed by atoms with Crippen molar-refractivity contribution in [3.63, 3.8) is 0 Å². The number of hydrogen-bond donors (Lipinski definition) is 1. The summed E-state index contributed by atoms with van der Waals surface area (Å²) >= 11 is 0. The molecule has 1 saturated heterocycles. The van der Waals surface area contributed by atoms with Gasteiger partial charge in [-0.1, -0.05) is 37.3 Å². The summed E-state index contributed by atoms with van der Waals surface area (Å²) < 4.78 is 0. The summed E-state index contributed by atoms with van der Waals surface area (Å²) in [6, 6.07) is 10.4. The van der Waals surface area contributed by atoms with Crippen molar-refractivity contribution in [2.75, 3.05) is 13.1 Å². The van der Waals surface area contributed by atoms with E-state index in [1.165, 1.54) is 5.56 Å². The van der Waals surface area contributed by atoms with Crippen LogP contribution >= 0.6 is 0 Å². The lowest BCUT2D eigenvalue weighted by Gasteiger charge is -2.14. The van der Waals surface area contributed by atoms with Gasteiger partial charge in [0.25, 0.3) is 5.91 Å². The third-order valence-electron chi connectivity index (χ3n) is 3.96. The number of hydrogen-bond acceptors (Lipinski definition) is 3. The Morgan fingerprint density at radius 1 is 1.38 bits per heavy atom. The number of nitrogens with zero attached hydrogens (tertiary/aromatic N) is 3. The van der Waals surface area contributed by atoms with E-state index in [0.29, 0.717) is 11.7 Å². The first-order valence-electron chi connectivity index (χ1n) is 7.53. The van der Waals surface area contributed by atoms with E-state index in [-0.39, 0.29) is 5.91 Å². The van der Waals surface area contributed by atoms with Gasteiger partial charge in [-0.3, -0.25) is 9.89 Å². The zero-order valence-corrected chi connectivity index (χ0v) is 12.2. The number of aryl methyl sites for hydroxylation is 1. The molecule has 1 aliphatic heterocycles. The summed E-state index contributed by atoms with van der Waals surface area (Å²) in [5.41, 5.74) is 1.30. The fourth-order valence-electron chi connectivity index (χ4n) is 2.82. The Bertz CT molecular complexity index is 608. The summed E-state index contributed by atoms with van der Waals surface area (Å²) in [7, 11) is 0. The second-order valence-electron chi connectivity index (χ2n) is 5.50. The summed E-state index contributed by atoms with van der Waals surface area (Å²) in [6.07, 6.45) is 2.82. The molecule has 1 amide bonds. The van der Waals surface area contributed by atoms with Gasteiger partial charge in [-0.25, -0.2) is 4.98 Å². The van der Waals surface area contributed by atoms with Gasteiger partial charge in [0.1, 0.15) is 5.82 Å². The predicted molar refractivity (Wildman–Crippen MR) is 80.1 cm³/mol. The van der Waals surface area contributed by atoms with Crippen molar-refractivity contribution < 1.29 is 4.79 Å². The Labute approximate surface area is 124 Å². The minimum Gasteiger partial charge on any atom is -0.335 e. The summed E-state index contributed by atoms with van der Waals surface area (Å²) in [6.45, 7) is 3.60.